The first-order valence-corrected chi connectivity index (χ1v) is 8.05. The normalized spacial score (nSPS) is 10.2. The predicted molar refractivity (Wildman–Crippen MR) is 80.7 cm³/mol. The summed E-state index contributed by atoms with van der Waals surface area (Å²) in [7, 11) is 3.28. The van der Waals surface area contributed by atoms with Crippen LogP contribution in [0.15, 0.2) is 12.1 Å². The summed E-state index contributed by atoms with van der Waals surface area (Å²) in [4.78, 5) is 0. The van der Waals surface area contributed by atoms with Gasteiger partial charge in [0.2, 0.25) is 5.75 Å². The number of thioether (sulfide) groups is 1. The van der Waals surface area contributed by atoms with Crippen LogP contribution in [0.1, 0.15) is 12.5 Å². The van der Waals surface area contributed by atoms with Gasteiger partial charge in [0.05, 0.1) is 20.8 Å². The van der Waals surface area contributed by atoms with E-state index >= 15 is 0 Å². The van der Waals surface area contributed by atoms with E-state index < -0.39 is 0 Å². The topological polar surface area (TPSA) is 27.7 Å². The Bertz CT molecular complexity index is 346. The lowest BCUT2D eigenvalue weighted by atomic mass is 10.2. The molecule has 0 N–H and O–H groups in total. The molecular weight excluding hydrogens is 316 g/mol. The van der Waals surface area contributed by atoms with Crippen LogP contribution in [0, 0.1) is 0 Å². The fourth-order valence-electron chi connectivity index (χ4n) is 1.50. The van der Waals surface area contributed by atoms with E-state index in [0.717, 1.165) is 22.4 Å². The minimum Gasteiger partial charge on any atom is -0.493 e. The van der Waals surface area contributed by atoms with Crippen molar-refractivity contribution in [1.82, 2.24) is 0 Å². The van der Waals surface area contributed by atoms with Crippen LogP contribution in [0.3, 0.4) is 0 Å². The minimum absolute atomic E-state index is 0.652. The number of ether oxygens (including phenoxy) is 3. The number of alkyl halides is 1. The molecule has 0 aliphatic carbocycles. The van der Waals surface area contributed by atoms with Gasteiger partial charge in [-0.25, -0.2) is 0 Å². The van der Waals surface area contributed by atoms with Crippen LogP contribution in [-0.2, 0) is 5.33 Å². The lowest BCUT2D eigenvalue weighted by molar-refractivity contribution is 0.290. The van der Waals surface area contributed by atoms with Crippen LogP contribution >= 0.6 is 27.7 Å². The lowest BCUT2D eigenvalue weighted by Gasteiger charge is -2.15. The van der Waals surface area contributed by atoms with E-state index in [1.807, 2.05) is 23.9 Å². The number of halogens is 1. The largest absolute Gasteiger partial charge is 0.493 e. The number of hydrogen-bond acceptors (Lipinski definition) is 4. The number of methoxy groups -OCH3 is 2. The van der Waals surface area contributed by atoms with Gasteiger partial charge in [0, 0.05) is 11.1 Å². The summed E-state index contributed by atoms with van der Waals surface area (Å²) in [6, 6.07) is 3.92. The zero-order chi connectivity index (χ0) is 13.4. The Morgan fingerprint density at radius 1 is 1.17 bits per heavy atom. The van der Waals surface area contributed by atoms with E-state index in [1.165, 1.54) is 0 Å². The van der Waals surface area contributed by atoms with Gasteiger partial charge in [-0.15, -0.1) is 0 Å². The molecule has 0 aromatic heterocycles. The Hall–Kier alpha value is -0.550. The van der Waals surface area contributed by atoms with Crippen LogP contribution in [0.5, 0.6) is 17.2 Å². The van der Waals surface area contributed by atoms with Gasteiger partial charge in [0.1, 0.15) is 0 Å². The molecule has 3 nitrogen and oxygen atoms in total. The third kappa shape index (κ3) is 4.28. The van der Waals surface area contributed by atoms with Gasteiger partial charge in [-0.1, -0.05) is 22.9 Å². The van der Waals surface area contributed by atoms with Crippen molar-refractivity contribution in [1.29, 1.82) is 0 Å². The average molecular weight is 335 g/mol. The molecule has 0 heterocycles. The number of hydrogen-bond donors (Lipinski definition) is 0. The highest BCUT2D eigenvalue weighted by atomic mass is 79.9. The van der Waals surface area contributed by atoms with Crippen molar-refractivity contribution in [2.24, 2.45) is 0 Å². The maximum atomic E-state index is 5.77. The summed E-state index contributed by atoms with van der Waals surface area (Å²) in [6.45, 7) is 2.79. The van der Waals surface area contributed by atoms with Gasteiger partial charge >= 0.3 is 0 Å². The van der Waals surface area contributed by atoms with Gasteiger partial charge in [0.15, 0.2) is 11.5 Å². The van der Waals surface area contributed by atoms with Crippen molar-refractivity contribution in [2.75, 3.05) is 32.3 Å². The van der Waals surface area contributed by atoms with Gasteiger partial charge < -0.3 is 14.2 Å². The fourth-order valence-corrected chi connectivity index (χ4v) is 2.31. The molecule has 18 heavy (non-hydrogen) atoms. The Morgan fingerprint density at radius 3 is 2.22 bits per heavy atom. The van der Waals surface area contributed by atoms with Crippen LogP contribution in [0.4, 0.5) is 0 Å². The van der Waals surface area contributed by atoms with Crippen molar-refractivity contribution in [2.45, 2.75) is 12.3 Å². The highest BCUT2D eigenvalue weighted by Crippen LogP contribution is 2.39. The molecule has 0 bridgehead atoms. The molecule has 1 aromatic carbocycles. The summed E-state index contributed by atoms with van der Waals surface area (Å²) in [5.74, 6) is 4.17. The van der Waals surface area contributed by atoms with E-state index in [4.69, 9.17) is 14.2 Å². The van der Waals surface area contributed by atoms with Crippen molar-refractivity contribution >= 4 is 27.7 Å². The number of benzene rings is 1. The molecule has 0 unspecified atom stereocenters. The Kier molecular flexibility index (Phi) is 7.35. The molecule has 0 spiro atoms. The summed E-state index contributed by atoms with van der Waals surface area (Å²) in [5, 5.41) is 0.756. The van der Waals surface area contributed by atoms with Crippen molar-refractivity contribution < 1.29 is 14.2 Å². The zero-order valence-electron chi connectivity index (χ0n) is 11.0. The molecule has 0 fully saturated rings. The van der Waals surface area contributed by atoms with Crippen LogP contribution in [0.2, 0.25) is 0 Å². The second-order valence-corrected chi connectivity index (χ2v) is 5.46. The van der Waals surface area contributed by atoms with Crippen molar-refractivity contribution in [3.63, 3.8) is 0 Å². The van der Waals surface area contributed by atoms with Crippen molar-refractivity contribution in [3.05, 3.63) is 17.7 Å². The smallest absolute Gasteiger partial charge is 0.203 e. The van der Waals surface area contributed by atoms with Crippen molar-refractivity contribution in [3.8, 4) is 17.2 Å². The van der Waals surface area contributed by atoms with Crippen LogP contribution in [-0.4, -0.2) is 32.3 Å². The van der Waals surface area contributed by atoms with E-state index in [1.54, 1.807) is 14.2 Å². The molecule has 0 saturated carbocycles. The Labute approximate surface area is 121 Å². The molecule has 0 aliphatic heterocycles. The maximum Gasteiger partial charge on any atom is 0.203 e. The first-order valence-electron chi connectivity index (χ1n) is 5.78. The Morgan fingerprint density at radius 2 is 1.78 bits per heavy atom. The molecule has 1 rings (SSSR count). The van der Waals surface area contributed by atoms with E-state index in [2.05, 4.69) is 22.9 Å². The molecule has 5 heteroatoms. The highest BCUT2D eigenvalue weighted by Gasteiger charge is 2.13. The van der Waals surface area contributed by atoms with E-state index in [0.29, 0.717) is 23.9 Å². The third-order valence-electron chi connectivity index (χ3n) is 2.35. The van der Waals surface area contributed by atoms with E-state index in [-0.39, 0.29) is 0 Å². The quantitative estimate of drug-likeness (QED) is 0.534. The fraction of sp³-hybridized carbons (Fsp3) is 0.538. The third-order valence-corrected chi connectivity index (χ3v) is 3.86. The second kappa shape index (κ2) is 8.53. The van der Waals surface area contributed by atoms with Gasteiger partial charge in [-0.2, -0.15) is 11.8 Å². The Balaban J connectivity index is 2.85. The second-order valence-electron chi connectivity index (χ2n) is 3.51. The monoisotopic (exact) mass is 334 g/mol. The molecular formula is C13H19BrO3S. The first-order chi connectivity index (χ1) is 8.76. The standard InChI is InChI=1S/C13H19BrO3S/c1-4-18-6-5-17-13-11(15-2)7-10(9-14)8-12(13)16-3/h7-8H,4-6,9H2,1-3H3. The predicted octanol–water partition coefficient (Wildman–Crippen LogP) is 3.73. The number of rotatable bonds is 8. The average Bonchev–Trinajstić information content (AvgIpc) is 2.42. The van der Waals surface area contributed by atoms with Gasteiger partial charge in [0.25, 0.3) is 0 Å². The minimum atomic E-state index is 0.652. The molecule has 0 aliphatic rings. The lowest BCUT2D eigenvalue weighted by Crippen LogP contribution is -2.04. The molecule has 0 atom stereocenters. The SMILES string of the molecule is CCSCCOc1c(OC)cc(CBr)cc1OC. The van der Waals surface area contributed by atoms with Gasteiger partial charge in [-0.05, 0) is 23.4 Å². The zero-order valence-corrected chi connectivity index (χ0v) is 13.4. The first kappa shape index (κ1) is 15.5. The summed E-state index contributed by atoms with van der Waals surface area (Å²) in [5.41, 5.74) is 1.10. The van der Waals surface area contributed by atoms with Crippen LogP contribution < -0.4 is 14.2 Å². The maximum absolute atomic E-state index is 5.77. The molecule has 0 amide bonds. The molecule has 1 aromatic rings. The summed E-state index contributed by atoms with van der Waals surface area (Å²) in [6.07, 6.45) is 0. The van der Waals surface area contributed by atoms with Gasteiger partial charge in [-0.3, -0.25) is 0 Å². The molecule has 0 saturated heterocycles. The summed E-state index contributed by atoms with van der Waals surface area (Å²) >= 11 is 5.27. The highest BCUT2D eigenvalue weighted by molar-refractivity contribution is 9.08. The van der Waals surface area contributed by atoms with Crippen LogP contribution in [0.25, 0.3) is 0 Å². The molecule has 102 valence electrons. The summed E-state index contributed by atoms with van der Waals surface area (Å²) < 4.78 is 16.5. The van der Waals surface area contributed by atoms with E-state index in [9.17, 15) is 0 Å². The molecule has 0 radical (unpaired) electrons.